The third-order valence-corrected chi connectivity index (χ3v) is 5.87. The van der Waals surface area contributed by atoms with Gasteiger partial charge in [-0.15, -0.1) is 0 Å². The molecule has 2 heterocycles. The molecule has 6 nitrogen and oxygen atoms in total. The first-order valence-corrected chi connectivity index (χ1v) is 10.5. The molecule has 0 atom stereocenters. The summed E-state index contributed by atoms with van der Waals surface area (Å²) >= 11 is 0.965. The molecule has 30 heavy (non-hydrogen) atoms. The average molecular weight is 423 g/mol. The second-order valence-electron chi connectivity index (χ2n) is 6.72. The maximum atomic E-state index is 12.8. The summed E-state index contributed by atoms with van der Waals surface area (Å²) < 4.78 is 13.1. The smallest absolute Gasteiger partial charge is 0.293 e. The topological polar surface area (TPSA) is 60.8 Å². The fourth-order valence-electron chi connectivity index (χ4n) is 3.47. The van der Waals surface area contributed by atoms with Gasteiger partial charge in [-0.3, -0.25) is 14.5 Å². The summed E-state index contributed by atoms with van der Waals surface area (Å²) in [5, 5.41) is 0.778. The second kappa shape index (κ2) is 8.67. The molecule has 0 aliphatic carbocycles. The molecular formula is C23H22N2O4S. The van der Waals surface area contributed by atoms with E-state index in [9.17, 15) is 9.59 Å². The Balaban J connectivity index is 1.49. The first-order chi connectivity index (χ1) is 14.6. The number of benzene rings is 2. The van der Waals surface area contributed by atoms with E-state index in [1.165, 1.54) is 4.90 Å². The fraction of sp³-hybridized carbons (Fsp3) is 0.217. The van der Waals surface area contributed by atoms with Crippen LogP contribution < -0.4 is 9.47 Å². The highest BCUT2D eigenvalue weighted by atomic mass is 32.2. The number of thioether (sulfide) groups is 1. The molecule has 0 bridgehead atoms. The van der Waals surface area contributed by atoms with Crippen molar-refractivity contribution in [2.45, 2.75) is 13.5 Å². The number of hydrogen-bond acceptors (Lipinski definition) is 5. The fourth-order valence-corrected chi connectivity index (χ4v) is 4.33. The average Bonchev–Trinajstić information content (AvgIpc) is 3.26. The van der Waals surface area contributed by atoms with Gasteiger partial charge in [-0.05, 0) is 43.0 Å². The van der Waals surface area contributed by atoms with Gasteiger partial charge in [-0.2, -0.15) is 0 Å². The van der Waals surface area contributed by atoms with Gasteiger partial charge in [-0.1, -0.05) is 30.3 Å². The minimum Gasteiger partial charge on any atom is -0.493 e. The highest BCUT2D eigenvalue weighted by Crippen LogP contribution is 2.34. The second-order valence-corrected chi connectivity index (χ2v) is 7.71. The van der Waals surface area contributed by atoms with Crippen LogP contribution >= 0.6 is 11.8 Å². The third kappa shape index (κ3) is 3.80. The normalized spacial score (nSPS) is 15.4. The van der Waals surface area contributed by atoms with E-state index >= 15 is 0 Å². The molecule has 0 saturated carbocycles. The van der Waals surface area contributed by atoms with Crippen molar-refractivity contribution in [2.24, 2.45) is 0 Å². The van der Waals surface area contributed by atoms with Gasteiger partial charge in [0.05, 0.1) is 18.6 Å². The molecule has 0 unspecified atom stereocenters. The van der Waals surface area contributed by atoms with E-state index in [-0.39, 0.29) is 24.3 Å². The molecule has 4 rings (SSSR count). The Morgan fingerprint density at radius 3 is 2.53 bits per heavy atom. The summed E-state index contributed by atoms with van der Waals surface area (Å²) in [7, 11) is 1.57. The Labute approximate surface area is 179 Å². The van der Waals surface area contributed by atoms with E-state index in [2.05, 4.69) is 17.6 Å². The lowest BCUT2D eigenvalue weighted by Crippen LogP contribution is -2.32. The van der Waals surface area contributed by atoms with Gasteiger partial charge < -0.3 is 14.0 Å². The lowest BCUT2D eigenvalue weighted by atomic mass is 10.1. The van der Waals surface area contributed by atoms with Crippen molar-refractivity contribution in [3.63, 3.8) is 0 Å². The molecule has 7 heteroatoms. The number of methoxy groups -OCH3 is 1. The SMILES string of the molecule is CCn1cc(/C=C2\SC(=O)N(CCOc3ccccc3OC)C2=O)c2ccccc21. The van der Waals surface area contributed by atoms with Gasteiger partial charge in [0.1, 0.15) is 6.61 Å². The van der Waals surface area contributed by atoms with Crippen molar-refractivity contribution in [3.8, 4) is 11.5 Å². The van der Waals surface area contributed by atoms with Gasteiger partial charge in [0.25, 0.3) is 11.1 Å². The van der Waals surface area contributed by atoms with Crippen LogP contribution in [0, 0.1) is 0 Å². The Morgan fingerprint density at radius 2 is 1.77 bits per heavy atom. The first-order valence-electron chi connectivity index (χ1n) is 9.71. The molecule has 2 aromatic carbocycles. The standard InChI is InChI=1S/C23H22N2O4S/c1-3-24-15-16(17-8-4-5-9-18(17)24)14-21-22(26)25(23(27)30-21)12-13-29-20-11-7-6-10-19(20)28-2/h4-11,14-15H,3,12-13H2,1-2H3/b21-14-. The number of amides is 2. The molecular weight excluding hydrogens is 400 g/mol. The number of imide groups is 1. The zero-order chi connectivity index (χ0) is 21.1. The van der Waals surface area contributed by atoms with Crippen molar-refractivity contribution >= 4 is 39.9 Å². The van der Waals surface area contributed by atoms with Gasteiger partial charge in [0, 0.05) is 29.2 Å². The maximum Gasteiger partial charge on any atom is 0.293 e. The van der Waals surface area contributed by atoms with Crippen molar-refractivity contribution in [2.75, 3.05) is 20.3 Å². The van der Waals surface area contributed by atoms with E-state index in [1.54, 1.807) is 25.3 Å². The highest BCUT2D eigenvalue weighted by molar-refractivity contribution is 8.18. The quantitative estimate of drug-likeness (QED) is 0.513. The zero-order valence-corrected chi connectivity index (χ0v) is 17.6. The van der Waals surface area contributed by atoms with Gasteiger partial charge >= 0.3 is 0 Å². The molecule has 1 aliphatic rings. The Hall–Kier alpha value is -3.19. The summed E-state index contributed by atoms with van der Waals surface area (Å²) in [6.07, 6.45) is 3.82. The largest absolute Gasteiger partial charge is 0.493 e. The van der Waals surface area contributed by atoms with Crippen LogP contribution in [0.2, 0.25) is 0 Å². The molecule has 0 spiro atoms. The number of fused-ring (bicyclic) bond motifs is 1. The number of aryl methyl sites for hydroxylation is 1. The molecule has 154 valence electrons. The molecule has 3 aromatic rings. The number of para-hydroxylation sites is 3. The zero-order valence-electron chi connectivity index (χ0n) is 16.8. The number of nitrogens with zero attached hydrogens (tertiary/aromatic N) is 2. The van der Waals surface area contributed by atoms with Crippen molar-refractivity contribution < 1.29 is 19.1 Å². The van der Waals surface area contributed by atoms with E-state index in [1.807, 2.05) is 36.5 Å². The van der Waals surface area contributed by atoms with Gasteiger partial charge in [0.15, 0.2) is 11.5 Å². The number of hydrogen-bond donors (Lipinski definition) is 0. The summed E-state index contributed by atoms with van der Waals surface area (Å²) in [5.41, 5.74) is 2.04. The van der Waals surface area contributed by atoms with E-state index in [0.29, 0.717) is 16.4 Å². The summed E-state index contributed by atoms with van der Waals surface area (Å²) in [4.78, 5) is 26.9. The van der Waals surface area contributed by atoms with Crippen LogP contribution in [0.1, 0.15) is 12.5 Å². The maximum absolute atomic E-state index is 12.8. The number of carbonyl (C=O) groups is 2. The Morgan fingerprint density at radius 1 is 1.03 bits per heavy atom. The molecule has 0 N–H and O–H groups in total. The highest BCUT2D eigenvalue weighted by Gasteiger charge is 2.35. The van der Waals surface area contributed by atoms with Crippen LogP contribution in [0.15, 0.2) is 59.6 Å². The lowest BCUT2D eigenvalue weighted by Gasteiger charge is -2.14. The van der Waals surface area contributed by atoms with Crippen molar-refractivity contribution in [1.29, 1.82) is 0 Å². The van der Waals surface area contributed by atoms with E-state index in [0.717, 1.165) is 34.8 Å². The van der Waals surface area contributed by atoms with Crippen LogP contribution in [-0.2, 0) is 11.3 Å². The summed E-state index contributed by atoms with van der Waals surface area (Å²) in [5.74, 6) is 0.899. The predicted molar refractivity (Wildman–Crippen MR) is 119 cm³/mol. The number of ether oxygens (including phenoxy) is 2. The third-order valence-electron chi connectivity index (χ3n) is 4.96. The van der Waals surface area contributed by atoms with Crippen LogP contribution in [0.4, 0.5) is 4.79 Å². The van der Waals surface area contributed by atoms with Crippen LogP contribution in [0.25, 0.3) is 17.0 Å². The number of rotatable bonds is 7. The molecule has 1 saturated heterocycles. The summed E-state index contributed by atoms with van der Waals surface area (Å²) in [6.45, 7) is 3.28. The number of aromatic nitrogens is 1. The van der Waals surface area contributed by atoms with Crippen LogP contribution in [-0.4, -0.2) is 40.9 Å². The number of carbonyl (C=O) groups excluding carboxylic acids is 2. The van der Waals surface area contributed by atoms with Gasteiger partial charge in [-0.25, -0.2) is 0 Å². The van der Waals surface area contributed by atoms with Crippen LogP contribution in [0.5, 0.6) is 11.5 Å². The molecule has 1 aliphatic heterocycles. The lowest BCUT2D eigenvalue weighted by molar-refractivity contribution is -0.123. The Kier molecular flexibility index (Phi) is 5.81. The summed E-state index contributed by atoms with van der Waals surface area (Å²) in [6, 6.07) is 15.3. The monoisotopic (exact) mass is 422 g/mol. The van der Waals surface area contributed by atoms with Crippen molar-refractivity contribution in [3.05, 3.63) is 65.2 Å². The molecule has 1 aromatic heterocycles. The van der Waals surface area contributed by atoms with Gasteiger partial charge in [0.2, 0.25) is 0 Å². The predicted octanol–water partition coefficient (Wildman–Crippen LogP) is 4.79. The first kappa shape index (κ1) is 20.1. The van der Waals surface area contributed by atoms with Crippen LogP contribution in [0.3, 0.4) is 0 Å². The minimum absolute atomic E-state index is 0.177. The minimum atomic E-state index is -0.290. The molecule has 2 amide bonds. The Bertz CT molecular complexity index is 1140. The van der Waals surface area contributed by atoms with Crippen molar-refractivity contribution in [1.82, 2.24) is 9.47 Å². The molecule has 0 radical (unpaired) electrons. The van der Waals surface area contributed by atoms with E-state index < -0.39 is 0 Å². The van der Waals surface area contributed by atoms with E-state index in [4.69, 9.17) is 9.47 Å². The molecule has 1 fully saturated rings.